The molecule has 1 fully saturated rings. The van der Waals surface area contributed by atoms with Crippen LogP contribution in [0.5, 0.6) is 5.75 Å². The zero-order chi connectivity index (χ0) is 16.1. The highest BCUT2D eigenvalue weighted by Gasteiger charge is 2.27. The topological polar surface area (TPSA) is 110 Å². The molecule has 0 unspecified atom stereocenters. The van der Waals surface area contributed by atoms with Crippen molar-refractivity contribution in [3.05, 3.63) is 33.9 Å². The third-order valence-corrected chi connectivity index (χ3v) is 3.44. The van der Waals surface area contributed by atoms with Crippen LogP contribution < -0.4 is 4.74 Å². The van der Waals surface area contributed by atoms with Crippen LogP contribution in [0.25, 0.3) is 0 Å². The molecule has 0 radical (unpaired) electrons. The molecule has 118 valence electrons. The lowest BCUT2D eigenvalue weighted by Crippen LogP contribution is -2.36. The molecule has 1 saturated heterocycles. The summed E-state index contributed by atoms with van der Waals surface area (Å²) in [6.45, 7) is 1.60. The molecule has 1 N–H and O–H groups in total. The number of carbonyl (C=O) groups excluding carboxylic acids is 1. The van der Waals surface area contributed by atoms with Crippen LogP contribution in [0.3, 0.4) is 0 Å². The van der Waals surface area contributed by atoms with Crippen molar-refractivity contribution in [1.82, 2.24) is 4.90 Å². The van der Waals surface area contributed by atoms with E-state index in [4.69, 9.17) is 9.84 Å². The minimum absolute atomic E-state index is 0.0362. The molecule has 1 aliphatic heterocycles. The van der Waals surface area contributed by atoms with E-state index in [1.165, 1.54) is 12.1 Å². The first kappa shape index (κ1) is 15.9. The number of hydrogen-bond donors (Lipinski definition) is 1. The quantitative estimate of drug-likeness (QED) is 0.381. The number of carbonyl (C=O) groups is 2. The van der Waals surface area contributed by atoms with Gasteiger partial charge in [0.25, 0.3) is 0 Å². The van der Waals surface area contributed by atoms with Gasteiger partial charge in [-0.3, -0.25) is 19.8 Å². The standard InChI is InChI=1S/C14H16N2O6/c17-12(9-15-7-2-1-3-8-15)22-11-6-4-5-10(14(18)19)13(11)16(20)21/h4-6H,1-3,7-9H2,(H,18,19). The third kappa shape index (κ3) is 3.79. The SMILES string of the molecule is O=C(CN1CCCCC1)Oc1cccc(C(=O)O)c1[N+](=O)[O-]. The summed E-state index contributed by atoms with van der Waals surface area (Å²) < 4.78 is 5.01. The molecule has 0 atom stereocenters. The maximum atomic E-state index is 11.9. The van der Waals surface area contributed by atoms with Crippen LogP contribution in [0.2, 0.25) is 0 Å². The van der Waals surface area contributed by atoms with Gasteiger partial charge in [-0.1, -0.05) is 12.5 Å². The number of aromatic carboxylic acids is 1. The lowest BCUT2D eigenvalue weighted by atomic mass is 10.1. The first-order valence-electron chi connectivity index (χ1n) is 6.93. The van der Waals surface area contributed by atoms with Crippen molar-refractivity contribution in [3.63, 3.8) is 0 Å². The first-order valence-corrected chi connectivity index (χ1v) is 6.93. The molecule has 0 saturated carbocycles. The van der Waals surface area contributed by atoms with Crippen molar-refractivity contribution in [2.24, 2.45) is 0 Å². The fourth-order valence-corrected chi connectivity index (χ4v) is 2.42. The minimum atomic E-state index is -1.44. The van der Waals surface area contributed by atoms with E-state index in [0.717, 1.165) is 38.4 Å². The second-order valence-electron chi connectivity index (χ2n) is 5.03. The van der Waals surface area contributed by atoms with Gasteiger partial charge in [-0.05, 0) is 38.1 Å². The molecule has 0 bridgehead atoms. The smallest absolute Gasteiger partial charge is 0.342 e. The molecule has 0 aliphatic carbocycles. The maximum Gasteiger partial charge on any atom is 0.342 e. The molecule has 2 rings (SSSR count). The molecule has 1 heterocycles. The van der Waals surface area contributed by atoms with Gasteiger partial charge in [-0.15, -0.1) is 0 Å². The predicted molar refractivity (Wildman–Crippen MR) is 76.0 cm³/mol. The van der Waals surface area contributed by atoms with E-state index in [9.17, 15) is 19.7 Å². The number of piperidine rings is 1. The van der Waals surface area contributed by atoms with Crippen LogP contribution in [-0.4, -0.2) is 46.5 Å². The van der Waals surface area contributed by atoms with Crippen LogP contribution in [0.15, 0.2) is 18.2 Å². The van der Waals surface area contributed by atoms with Crippen LogP contribution in [-0.2, 0) is 4.79 Å². The number of benzene rings is 1. The Kier molecular flexibility index (Phi) is 5.05. The van der Waals surface area contributed by atoms with Crippen molar-refractivity contribution in [2.45, 2.75) is 19.3 Å². The van der Waals surface area contributed by atoms with Crippen molar-refractivity contribution < 1.29 is 24.4 Å². The normalized spacial score (nSPS) is 15.3. The minimum Gasteiger partial charge on any atom is -0.477 e. The van der Waals surface area contributed by atoms with E-state index in [0.29, 0.717) is 0 Å². The maximum absolute atomic E-state index is 11.9. The van der Waals surface area contributed by atoms with Gasteiger partial charge in [0.15, 0.2) is 0 Å². The van der Waals surface area contributed by atoms with Crippen LogP contribution in [0.1, 0.15) is 29.6 Å². The Bertz CT molecular complexity index is 595. The van der Waals surface area contributed by atoms with E-state index in [1.54, 1.807) is 0 Å². The lowest BCUT2D eigenvalue weighted by molar-refractivity contribution is -0.386. The van der Waals surface area contributed by atoms with Gasteiger partial charge >= 0.3 is 17.6 Å². The number of ether oxygens (including phenoxy) is 1. The molecule has 0 aromatic heterocycles. The van der Waals surface area contributed by atoms with E-state index >= 15 is 0 Å². The van der Waals surface area contributed by atoms with Gasteiger partial charge < -0.3 is 9.84 Å². The summed E-state index contributed by atoms with van der Waals surface area (Å²) in [6, 6.07) is 3.63. The summed E-state index contributed by atoms with van der Waals surface area (Å²) in [5, 5.41) is 20.0. The Hall–Kier alpha value is -2.48. The number of para-hydroxylation sites is 1. The number of carboxylic acids is 1. The monoisotopic (exact) mass is 308 g/mol. The molecule has 1 aromatic rings. The second-order valence-corrected chi connectivity index (χ2v) is 5.03. The molecular weight excluding hydrogens is 292 g/mol. The summed E-state index contributed by atoms with van der Waals surface area (Å²) in [7, 11) is 0. The number of esters is 1. The molecule has 22 heavy (non-hydrogen) atoms. The number of hydrogen-bond acceptors (Lipinski definition) is 6. The van der Waals surface area contributed by atoms with Gasteiger partial charge in [0, 0.05) is 0 Å². The predicted octanol–water partition coefficient (Wildman–Crippen LogP) is 1.68. The highest BCUT2D eigenvalue weighted by molar-refractivity contribution is 5.94. The number of rotatable bonds is 5. The molecule has 0 amide bonds. The Labute approximate surface area is 126 Å². The van der Waals surface area contributed by atoms with Crippen molar-refractivity contribution in [1.29, 1.82) is 0 Å². The van der Waals surface area contributed by atoms with Gasteiger partial charge in [0.2, 0.25) is 5.75 Å². The van der Waals surface area contributed by atoms with Gasteiger partial charge in [0.1, 0.15) is 5.56 Å². The number of nitrogens with zero attached hydrogens (tertiary/aromatic N) is 2. The second kappa shape index (κ2) is 6.99. The zero-order valence-electron chi connectivity index (χ0n) is 11.9. The van der Waals surface area contributed by atoms with E-state index in [2.05, 4.69) is 0 Å². The Morgan fingerprint density at radius 1 is 1.27 bits per heavy atom. The third-order valence-electron chi connectivity index (χ3n) is 3.44. The molecule has 0 spiro atoms. The van der Waals surface area contributed by atoms with Crippen molar-refractivity contribution >= 4 is 17.6 Å². The Morgan fingerprint density at radius 2 is 1.95 bits per heavy atom. The molecule has 1 aromatic carbocycles. The average molecular weight is 308 g/mol. The van der Waals surface area contributed by atoms with Gasteiger partial charge in [-0.25, -0.2) is 4.79 Å². The number of likely N-dealkylation sites (tertiary alicyclic amines) is 1. The molecule has 1 aliphatic rings. The zero-order valence-corrected chi connectivity index (χ0v) is 11.9. The largest absolute Gasteiger partial charge is 0.477 e. The summed E-state index contributed by atoms with van der Waals surface area (Å²) in [6.07, 6.45) is 3.13. The van der Waals surface area contributed by atoms with E-state index < -0.39 is 28.1 Å². The van der Waals surface area contributed by atoms with Crippen LogP contribution in [0, 0.1) is 10.1 Å². The fourth-order valence-electron chi connectivity index (χ4n) is 2.42. The van der Waals surface area contributed by atoms with E-state index in [1.807, 2.05) is 4.90 Å². The molecule has 8 nitrogen and oxygen atoms in total. The molecule has 8 heteroatoms. The Balaban J connectivity index is 2.14. The number of carboxylic acid groups (broad SMARTS) is 1. The van der Waals surface area contributed by atoms with Crippen molar-refractivity contribution in [3.8, 4) is 5.75 Å². The lowest BCUT2D eigenvalue weighted by Gasteiger charge is -2.25. The highest BCUT2D eigenvalue weighted by atomic mass is 16.6. The average Bonchev–Trinajstić information content (AvgIpc) is 2.47. The summed E-state index contributed by atoms with van der Waals surface area (Å²) >= 11 is 0. The summed E-state index contributed by atoms with van der Waals surface area (Å²) in [4.78, 5) is 35.1. The summed E-state index contributed by atoms with van der Waals surface area (Å²) in [5.74, 6) is -2.42. The fraction of sp³-hybridized carbons (Fsp3) is 0.429. The highest BCUT2D eigenvalue weighted by Crippen LogP contribution is 2.31. The van der Waals surface area contributed by atoms with E-state index in [-0.39, 0.29) is 12.3 Å². The number of nitro benzene ring substituents is 1. The van der Waals surface area contributed by atoms with Crippen LogP contribution >= 0.6 is 0 Å². The molecular formula is C14H16N2O6. The number of nitro groups is 1. The van der Waals surface area contributed by atoms with Crippen LogP contribution in [0.4, 0.5) is 5.69 Å². The first-order chi connectivity index (χ1) is 10.5. The Morgan fingerprint density at radius 3 is 2.55 bits per heavy atom. The van der Waals surface area contributed by atoms with Gasteiger partial charge in [-0.2, -0.15) is 0 Å². The van der Waals surface area contributed by atoms with Gasteiger partial charge in [0.05, 0.1) is 11.5 Å². The van der Waals surface area contributed by atoms with Crippen molar-refractivity contribution in [2.75, 3.05) is 19.6 Å². The summed E-state index contributed by atoms with van der Waals surface area (Å²) in [5.41, 5.74) is -1.21.